The van der Waals surface area contributed by atoms with Gasteiger partial charge in [0.2, 0.25) is 5.10 Å². The number of ether oxygens (including phenoxy) is 2. The third-order valence-corrected chi connectivity index (χ3v) is 4.58. The van der Waals surface area contributed by atoms with Crippen LogP contribution in [-0.4, -0.2) is 36.0 Å². The number of benzene rings is 2. The maximum atomic E-state index is 12.5. The number of anilines is 2. The van der Waals surface area contributed by atoms with Gasteiger partial charge in [0.05, 0.1) is 12.3 Å². The molecule has 0 aliphatic carbocycles. The maximum Gasteiger partial charge on any atom is 0.469 e. The number of nitrogens with zero attached hydrogens (tertiary/aromatic N) is 3. The highest BCUT2D eigenvalue weighted by Gasteiger charge is 2.23. The first-order valence-corrected chi connectivity index (χ1v) is 11.0. The Bertz CT molecular complexity index is 1230. The van der Waals surface area contributed by atoms with E-state index in [1.165, 1.54) is 18.2 Å². The second kappa shape index (κ2) is 10.9. The third kappa shape index (κ3) is 7.21. The van der Waals surface area contributed by atoms with E-state index in [4.69, 9.17) is 21.1 Å². The number of alkyl carbamates (subject to hydrolysis) is 1. The van der Waals surface area contributed by atoms with Gasteiger partial charge in [-0.3, -0.25) is 5.32 Å². The summed E-state index contributed by atoms with van der Waals surface area (Å²) in [5, 5.41) is 35.9. The lowest BCUT2D eigenvalue weighted by atomic mass is 10.2. The summed E-state index contributed by atoms with van der Waals surface area (Å²) in [6.07, 6.45) is -0.0610. The standard InChI is InChI=1S/C22H25ClN6O6/c1-22(2,3)35-21(31)24-11-6-12-34-18-10-9-14(23)13-15(18)25-20(30)26-19-27-29(33)17-8-5-4-7-16(17)28(19)32/h4-5,7-10,13H,6,11-12H2,1-3H3,(H,24,31)(H2,25,26,27,30). The zero-order chi connectivity index (χ0) is 25.6. The number of carbonyl (C=O) groups is 2. The van der Waals surface area contributed by atoms with E-state index in [0.29, 0.717) is 28.5 Å². The first-order valence-electron chi connectivity index (χ1n) is 10.6. The highest BCUT2D eigenvalue weighted by atomic mass is 35.5. The van der Waals surface area contributed by atoms with Gasteiger partial charge in [-0.2, -0.15) is 5.32 Å². The molecule has 0 saturated heterocycles. The summed E-state index contributed by atoms with van der Waals surface area (Å²) in [6, 6.07) is 9.81. The summed E-state index contributed by atoms with van der Waals surface area (Å²) in [5.74, 6) is -0.198. The lowest BCUT2D eigenvalue weighted by Gasteiger charge is -2.19. The smallest absolute Gasteiger partial charge is 0.469 e. The van der Waals surface area contributed by atoms with Crippen molar-refractivity contribution in [2.45, 2.75) is 32.8 Å². The van der Waals surface area contributed by atoms with E-state index in [-0.39, 0.29) is 28.2 Å². The molecule has 1 heterocycles. The van der Waals surface area contributed by atoms with Crippen LogP contribution in [0.25, 0.3) is 11.0 Å². The van der Waals surface area contributed by atoms with Gasteiger partial charge in [0.25, 0.3) is 5.52 Å². The highest BCUT2D eigenvalue weighted by Crippen LogP contribution is 2.28. The van der Waals surface area contributed by atoms with E-state index < -0.39 is 23.7 Å². The number of halogens is 1. The predicted molar refractivity (Wildman–Crippen MR) is 128 cm³/mol. The van der Waals surface area contributed by atoms with Crippen LogP contribution in [0.4, 0.5) is 21.2 Å². The SMILES string of the molecule is CC(C)(C)OC(=O)NCCCOc1ccc(Cl)cc1NC(=O)Nc1n[n+]([O-])c2ccccc2[n+]1[O-]. The Kier molecular flexibility index (Phi) is 7.97. The van der Waals surface area contributed by atoms with Crippen LogP contribution in [0.3, 0.4) is 0 Å². The van der Waals surface area contributed by atoms with Crippen LogP contribution in [0.5, 0.6) is 5.75 Å². The van der Waals surface area contributed by atoms with E-state index in [2.05, 4.69) is 21.0 Å². The van der Waals surface area contributed by atoms with Crippen molar-refractivity contribution in [3.05, 3.63) is 57.9 Å². The molecule has 13 heteroatoms. The van der Waals surface area contributed by atoms with Crippen LogP contribution in [0.15, 0.2) is 42.5 Å². The Morgan fingerprint density at radius 2 is 1.80 bits per heavy atom. The number of urea groups is 1. The van der Waals surface area contributed by atoms with Gasteiger partial charge in [0.1, 0.15) is 11.4 Å². The van der Waals surface area contributed by atoms with Gasteiger partial charge in [-0.15, -0.1) is 0 Å². The number of rotatable bonds is 7. The van der Waals surface area contributed by atoms with Crippen molar-refractivity contribution in [1.29, 1.82) is 0 Å². The first-order chi connectivity index (χ1) is 16.5. The molecule has 0 bridgehead atoms. The van der Waals surface area contributed by atoms with Crippen molar-refractivity contribution in [3.63, 3.8) is 0 Å². The first kappa shape index (κ1) is 25.6. The van der Waals surface area contributed by atoms with Gasteiger partial charge < -0.3 is 25.2 Å². The molecule has 0 fully saturated rings. The van der Waals surface area contributed by atoms with Crippen LogP contribution in [0.1, 0.15) is 27.2 Å². The normalized spacial score (nSPS) is 11.1. The zero-order valence-corrected chi connectivity index (χ0v) is 20.1. The summed E-state index contributed by atoms with van der Waals surface area (Å²) >= 11 is 6.04. The van der Waals surface area contributed by atoms with E-state index in [9.17, 15) is 20.0 Å². The molecule has 3 amide bonds. The van der Waals surface area contributed by atoms with Crippen LogP contribution < -0.4 is 30.3 Å². The van der Waals surface area contributed by atoms with E-state index in [1.807, 2.05) is 0 Å². The summed E-state index contributed by atoms with van der Waals surface area (Å²) in [4.78, 5) is 24.5. The van der Waals surface area contributed by atoms with Crippen molar-refractivity contribution < 1.29 is 28.6 Å². The third-order valence-electron chi connectivity index (χ3n) is 4.35. The lowest BCUT2D eigenvalue weighted by molar-refractivity contribution is -0.672. The Hall–Kier alpha value is -4.06. The summed E-state index contributed by atoms with van der Waals surface area (Å²) in [5.41, 5.74) is -0.268. The summed E-state index contributed by atoms with van der Waals surface area (Å²) < 4.78 is 11.2. The molecule has 0 radical (unpaired) electrons. The van der Waals surface area contributed by atoms with E-state index >= 15 is 0 Å². The number of amides is 3. The highest BCUT2D eigenvalue weighted by molar-refractivity contribution is 6.31. The van der Waals surface area contributed by atoms with Gasteiger partial charge in [-0.25, -0.2) is 14.3 Å². The molecule has 0 unspecified atom stereocenters. The molecule has 0 saturated carbocycles. The van der Waals surface area contributed by atoms with Crippen LogP contribution in [0, 0.1) is 10.4 Å². The fourth-order valence-electron chi connectivity index (χ4n) is 2.91. The van der Waals surface area contributed by atoms with Crippen molar-refractivity contribution in [2.24, 2.45) is 0 Å². The number of nitrogens with one attached hydrogen (secondary N) is 3. The molecule has 186 valence electrons. The molecular weight excluding hydrogens is 480 g/mol. The second-order valence-electron chi connectivity index (χ2n) is 8.33. The van der Waals surface area contributed by atoms with Crippen molar-refractivity contribution in [3.8, 4) is 5.75 Å². The Morgan fingerprint density at radius 1 is 1.09 bits per heavy atom. The number of aromatic nitrogens is 3. The number of fused-ring (bicyclic) bond motifs is 1. The van der Waals surface area contributed by atoms with Crippen LogP contribution >= 0.6 is 11.6 Å². The number of hydrogen-bond donors (Lipinski definition) is 3. The molecule has 0 atom stereocenters. The minimum atomic E-state index is -0.837. The Balaban J connectivity index is 1.60. The molecular formula is C22H25ClN6O6. The molecule has 0 spiro atoms. The van der Waals surface area contributed by atoms with E-state index in [0.717, 1.165) is 0 Å². The Labute approximate surface area is 206 Å². The molecule has 0 aliphatic heterocycles. The summed E-state index contributed by atoms with van der Waals surface area (Å²) in [6.45, 7) is 5.85. The largest absolute Gasteiger partial charge is 0.739 e. The molecule has 3 N–H and O–H groups in total. The number of hydrogen-bond acceptors (Lipinski definition) is 7. The molecule has 35 heavy (non-hydrogen) atoms. The average Bonchev–Trinajstić information content (AvgIpc) is 2.77. The number of carbonyl (C=O) groups excluding carboxylic acids is 2. The molecule has 12 nitrogen and oxygen atoms in total. The minimum absolute atomic E-state index is 0.0413. The van der Waals surface area contributed by atoms with Crippen molar-refractivity contribution in [1.82, 2.24) is 10.4 Å². The maximum absolute atomic E-state index is 12.5. The van der Waals surface area contributed by atoms with Crippen LogP contribution in [0.2, 0.25) is 5.02 Å². The lowest BCUT2D eigenvalue weighted by Crippen LogP contribution is -2.45. The predicted octanol–water partition coefficient (Wildman–Crippen LogP) is 3.09. The van der Waals surface area contributed by atoms with E-state index in [1.54, 1.807) is 45.0 Å². The molecule has 1 aromatic heterocycles. The van der Waals surface area contributed by atoms with Gasteiger partial charge in [0.15, 0.2) is 5.52 Å². The molecule has 2 aromatic carbocycles. The Morgan fingerprint density at radius 3 is 2.51 bits per heavy atom. The molecule has 3 aromatic rings. The van der Waals surface area contributed by atoms with Crippen LogP contribution in [-0.2, 0) is 4.74 Å². The number of para-hydroxylation sites is 2. The topological polar surface area (TPSA) is 155 Å². The molecule has 0 aliphatic rings. The minimum Gasteiger partial charge on any atom is -0.739 e. The fraction of sp³-hybridized carbons (Fsp3) is 0.318. The van der Waals surface area contributed by atoms with Crippen molar-refractivity contribution >= 4 is 46.4 Å². The fourth-order valence-corrected chi connectivity index (χ4v) is 3.08. The molecule has 3 rings (SSSR count). The monoisotopic (exact) mass is 504 g/mol. The van der Waals surface area contributed by atoms with Gasteiger partial charge in [-0.05, 0) is 51.5 Å². The summed E-state index contributed by atoms with van der Waals surface area (Å²) in [7, 11) is 0. The van der Waals surface area contributed by atoms with Gasteiger partial charge >= 0.3 is 18.1 Å². The van der Waals surface area contributed by atoms with Gasteiger partial charge in [-0.1, -0.05) is 23.7 Å². The quantitative estimate of drug-likeness (QED) is 0.253. The second-order valence-corrected chi connectivity index (χ2v) is 8.77. The van der Waals surface area contributed by atoms with Crippen molar-refractivity contribution in [2.75, 3.05) is 23.8 Å². The average molecular weight is 505 g/mol. The van der Waals surface area contributed by atoms with Gasteiger partial charge in [0, 0.05) is 22.5 Å². The zero-order valence-electron chi connectivity index (χ0n) is 19.3.